The first-order valence-corrected chi connectivity index (χ1v) is 4.68. The van der Waals surface area contributed by atoms with Crippen LogP contribution in [-0.4, -0.2) is 23.2 Å². The Kier molecular flexibility index (Phi) is 4.43. The monoisotopic (exact) mass is 181 g/mol. The first kappa shape index (κ1) is 10.2. The van der Waals surface area contributed by atoms with E-state index in [0.29, 0.717) is 6.04 Å². The van der Waals surface area contributed by atoms with Crippen molar-refractivity contribution >= 4 is 0 Å². The van der Waals surface area contributed by atoms with Crippen molar-refractivity contribution in [2.75, 3.05) is 13.2 Å². The number of aliphatic hydroxyl groups is 1. The van der Waals surface area contributed by atoms with Gasteiger partial charge in [0.05, 0.1) is 6.54 Å². The summed E-state index contributed by atoms with van der Waals surface area (Å²) in [4.78, 5) is 3.97. The number of aliphatic hydroxyl groups excluding tert-OH is 1. The largest absolute Gasteiger partial charge is 0.396 e. The van der Waals surface area contributed by atoms with Gasteiger partial charge in [-0.25, -0.2) is 0 Å². The van der Waals surface area contributed by atoms with Crippen LogP contribution < -0.4 is 5.32 Å². The van der Waals surface area contributed by atoms with E-state index in [1.54, 1.807) is 0 Å². The number of hydrogen-bond acceptors (Lipinski definition) is 2. The van der Waals surface area contributed by atoms with E-state index in [-0.39, 0.29) is 6.61 Å². The predicted octanol–water partition coefficient (Wildman–Crippen LogP) is 0.0884. The van der Waals surface area contributed by atoms with Crippen LogP contribution in [0.25, 0.3) is 0 Å². The molecule has 0 bridgehead atoms. The van der Waals surface area contributed by atoms with Crippen LogP contribution in [0, 0.1) is 0 Å². The summed E-state index contributed by atoms with van der Waals surface area (Å²) in [6, 6.07) is 4.51. The number of pyridine rings is 1. The van der Waals surface area contributed by atoms with Gasteiger partial charge < -0.3 is 10.4 Å². The lowest BCUT2D eigenvalue weighted by Gasteiger charge is -2.09. The van der Waals surface area contributed by atoms with E-state index in [9.17, 15) is 0 Å². The van der Waals surface area contributed by atoms with Gasteiger partial charge in [0.2, 0.25) is 0 Å². The highest BCUT2D eigenvalue weighted by Gasteiger charge is 2.05. The first-order valence-electron chi connectivity index (χ1n) is 4.68. The second-order valence-corrected chi connectivity index (χ2v) is 3.17. The summed E-state index contributed by atoms with van der Waals surface area (Å²) in [6.45, 7) is 3.41. The van der Waals surface area contributed by atoms with Gasteiger partial charge in [-0.2, -0.15) is 0 Å². The molecule has 0 saturated heterocycles. The minimum Gasteiger partial charge on any atom is -0.396 e. The fraction of sp³-hybridized carbons (Fsp3) is 0.500. The molecular weight excluding hydrogens is 164 g/mol. The summed E-state index contributed by atoms with van der Waals surface area (Å²) < 4.78 is 0. The van der Waals surface area contributed by atoms with Gasteiger partial charge in [0, 0.05) is 31.0 Å². The Bertz CT molecular complexity index is 226. The van der Waals surface area contributed by atoms with Crippen molar-refractivity contribution < 1.29 is 10.4 Å². The molecule has 1 aromatic heterocycles. The van der Waals surface area contributed by atoms with E-state index in [4.69, 9.17) is 5.11 Å². The van der Waals surface area contributed by atoms with Crippen LogP contribution in [-0.2, 0) is 0 Å². The van der Waals surface area contributed by atoms with E-state index in [2.05, 4.69) is 17.2 Å². The van der Waals surface area contributed by atoms with Crippen LogP contribution >= 0.6 is 0 Å². The molecule has 1 heterocycles. The van der Waals surface area contributed by atoms with Gasteiger partial charge >= 0.3 is 0 Å². The number of nitrogens with two attached hydrogens (primary N) is 1. The maximum atomic E-state index is 8.62. The third-order valence-corrected chi connectivity index (χ3v) is 2.11. The van der Waals surface area contributed by atoms with Crippen LogP contribution in [0.2, 0.25) is 0 Å². The number of quaternary nitrogens is 1. The molecule has 0 aromatic carbocycles. The van der Waals surface area contributed by atoms with Crippen molar-refractivity contribution in [1.29, 1.82) is 0 Å². The van der Waals surface area contributed by atoms with Crippen molar-refractivity contribution in [3.8, 4) is 0 Å². The lowest BCUT2D eigenvalue weighted by Crippen LogP contribution is -2.84. The topological polar surface area (TPSA) is 49.7 Å². The SMILES string of the molecule is C[C@H]([NH2+]CCCO)c1ccncc1. The molecule has 1 rings (SSSR count). The quantitative estimate of drug-likeness (QED) is 0.632. The number of rotatable bonds is 5. The summed E-state index contributed by atoms with van der Waals surface area (Å²) in [7, 11) is 0. The Morgan fingerprint density at radius 2 is 2.15 bits per heavy atom. The second kappa shape index (κ2) is 5.67. The van der Waals surface area contributed by atoms with E-state index in [1.807, 2.05) is 24.5 Å². The molecular formula is C10H17N2O+. The van der Waals surface area contributed by atoms with Gasteiger partial charge in [-0.1, -0.05) is 0 Å². The van der Waals surface area contributed by atoms with Crippen LogP contribution in [0.1, 0.15) is 24.9 Å². The Hall–Kier alpha value is -0.930. The molecule has 0 unspecified atom stereocenters. The molecule has 3 heteroatoms. The van der Waals surface area contributed by atoms with Crippen molar-refractivity contribution in [2.45, 2.75) is 19.4 Å². The molecule has 13 heavy (non-hydrogen) atoms. The van der Waals surface area contributed by atoms with Gasteiger partial charge in [-0.3, -0.25) is 4.98 Å². The maximum Gasteiger partial charge on any atom is 0.109 e. The smallest absolute Gasteiger partial charge is 0.109 e. The lowest BCUT2D eigenvalue weighted by atomic mass is 10.1. The van der Waals surface area contributed by atoms with E-state index < -0.39 is 0 Å². The molecule has 1 aromatic rings. The molecule has 0 aliphatic carbocycles. The van der Waals surface area contributed by atoms with Gasteiger partial charge in [-0.15, -0.1) is 0 Å². The molecule has 72 valence electrons. The predicted molar refractivity (Wildman–Crippen MR) is 51.1 cm³/mol. The summed E-state index contributed by atoms with van der Waals surface area (Å²) in [5.74, 6) is 0. The van der Waals surface area contributed by atoms with E-state index in [0.717, 1.165) is 13.0 Å². The minimum absolute atomic E-state index is 0.277. The summed E-state index contributed by atoms with van der Waals surface area (Å²) in [5, 5.41) is 10.8. The zero-order chi connectivity index (χ0) is 9.52. The average Bonchev–Trinajstić information content (AvgIpc) is 2.19. The lowest BCUT2D eigenvalue weighted by molar-refractivity contribution is -0.693. The second-order valence-electron chi connectivity index (χ2n) is 3.17. The normalized spacial score (nSPS) is 12.8. The molecule has 3 nitrogen and oxygen atoms in total. The van der Waals surface area contributed by atoms with E-state index >= 15 is 0 Å². The van der Waals surface area contributed by atoms with Crippen molar-refractivity contribution in [3.63, 3.8) is 0 Å². The Labute approximate surface area is 78.8 Å². The zero-order valence-corrected chi connectivity index (χ0v) is 7.98. The molecule has 0 fully saturated rings. The van der Waals surface area contributed by atoms with Crippen LogP contribution in [0.15, 0.2) is 24.5 Å². The Morgan fingerprint density at radius 1 is 1.46 bits per heavy atom. The zero-order valence-electron chi connectivity index (χ0n) is 7.98. The summed E-state index contributed by atoms with van der Waals surface area (Å²) >= 11 is 0. The third kappa shape index (κ3) is 3.53. The summed E-state index contributed by atoms with van der Waals surface area (Å²) in [6.07, 6.45) is 4.48. The number of nitrogens with zero attached hydrogens (tertiary/aromatic N) is 1. The van der Waals surface area contributed by atoms with Crippen LogP contribution in [0.4, 0.5) is 0 Å². The van der Waals surface area contributed by atoms with Crippen molar-refractivity contribution in [1.82, 2.24) is 4.98 Å². The molecule has 0 radical (unpaired) electrons. The van der Waals surface area contributed by atoms with Gasteiger partial charge in [0.25, 0.3) is 0 Å². The standard InChI is InChI=1S/C10H16N2O/c1-9(12-5-2-8-13)10-3-6-11-7-4-10/h3-4,6-7,9,12-13H,2,5,8H2,1H3/p+1/t9-/m0/s1. The Balaban J connectivity index is 2.35. The fourth-order valence-corrected chi connectivity index (χ4v) is 1.26. The average molecular weight is 181 g/mol. The summed E-state index contributed by atoms with van der Waals surface area (Å²) in [5.41, 5.74) is 1.29. The number of hydrogen-bond donors (Lipinski definition) is 2. The highest BCUT2D eigenvalue weighted by atomic mass is 16.3. The fourth-order valence-electron chi connectivity index (χ4n) is 1.26. The maximum absolute atomic E-state index is 8.62. The molecule has 0 spiro atoms. The highest BCUT2D eigenvalue weighted by Crippen LogP contribution is 2.04. The van der Waals surface area contributed by atoms with Gasteiger partial charge in [0.15, 0.2) is 0 Å². The Morgan fingerprint density at radius 3 is 2.77 bits per heavy atom. The molecule has 1 atom stereocenters. The molecule has 0 amide bonds. The first-order chi connectivity index (χ1) is 6.34. The van der Waals surface area contributed by atoms with Crippen molar-refractivity contribution in [3.05, 3.63) is 30.1 Å². The van der Waals surface area contributed by atoms with Crippen LogP contribution in [0.5, 0.6) is 0 Å². The van der Waals surface area contributed by atoms with Crippen molar-refractivity contribution in [2.24, 2.45) is 0 Å². The highest BCUT2D eigenvalue weighted by molar-refractivity contribution is 5.11. The van der Waals surface area contributed by atoms with Gasteiger partial charge in [0.1, 0.15) is 6.04 Å². The molecule has 0 saturated carbocycles. The minimum atomic E-state index is 0.277. The van der Waals surface area contributed by atoms with E-state index in [1.165, 1.54) is 5.56 Å². The number of aromatic nitrogens is 1. The van der Waals surface area contributed by atoms with Crippen LogP contribution in [0.3, 0.4) is 0 Å². The molecule has 0 aliphatic heterocycles. The molecule has 0 aliphatic rings. The molecule has 3 N–H and O–H groups in total. The van der Waals surface area contributed by atoms with Gasteiger partial charge in [-0.05, 0) is 19.1 Å². The third-order valence-electron chi connectivity index (χ3n) is 2.11.